The molecule has 1 saturated heterocycles. The summed E-state index contributed by atoms with van der Waals surface area (Å²) in [6.07, 6.45) is 5.33. The van der Waals surface area contributed by atoms with Gasteiger partial charge in [-0.2, -0.15) is 0 Å². The van der Waals surface area contributed by atoms with Gasteiger partial charge < -0.3 is 4.74 Å². The van der Waals surface area contributed by atoms with Crippen molar-refractivity contribution < 1.29 is 13.2 Å². The highest BCUT2D eigenvalue weighted by Gasteiger charge is 2.22. The van der Waals surface area contributed by atoms with Gasteiger partial charge in [0, 0.05) is 6.42 Å². The van der Waals surface area contributed by atoms with Crippen LogP contribution in [0.15, 0.2) is 59.0 Å². The molecule has 0 radical (unpaired) electrons. The van der Waals surface area contributed by atoms with E-state index >= 15 is 0 Å². The zero-order chi connectivity index (χ0) is 13.7. The minimum Gasteiger partial charge on any atom is -0.494 e. The van der Waals surface area contributed by atoms with E-state index in [1.54, 1.807) is 30.3 Å². The third-order valence-electron chi connectivity index (χ3n) is 3.08. The molecule has 0 aliphatic carbocycles. The van der Waals surface area contributed by atoms with Crippen LogP contribution >= 0.6 is 0 Å². The van der Waals surface area contributed by atoms with Crippen molar-refractivity contribution in [3.63, 3.8) is 0 Å². The van der Waals surface area contributed by atoms with Crippen molar-refractivity contribution in [2.75, 3.05) is 0 Å². The molecular formula is C15H18O3S. The second kappa shape index (κ2) is 6.06. The Kier molecular flexibility index (Phi) is 4.43. The Bertz CT molecular complexity index is 558. The normalized spacial score (nSPS) is 21.3. The summed E-state index contributed by atoms with van der Waals surface area (Å²) in [7, 11) is -3.39. The lowest BCUT2D eigenvalue weighted by Crippen LogP contribution is -2.03. The molecule has 19 heavy (non-hydrogen) atoms. The van der Waals surface area contributed by atoms with E-state index < -0.39 is 9.84 Å². The Morgan fingerprint density at radius 2 is 2.05 bits per heavy atom. The third kappa shape index (κ3) is 3.70. The zero-order valence-corrected chi connectivity index (χ0v) is 11.6. The second-order valence-electron chi connectivity index (χ2n) is 4.59. The lowest BCUT2D eigenvalue weighted by atomic mass is 10.1. The molecule has 1 fully saturated rings. The molecule has 2 rings (SSSR count). The van der Waals surface area contributed by atoms with Crippen LogP contribution in [0, 0.1) is 0 Å². The fourth-order valence-corrected chi connectivity index (χ4v) is 3.27. The highest BCUT2D eigenvalue weighted by Crippen LogP contribution is 2.28. The van der Waals surface area contributed by atoms with Crippen LogP contribution in [-0.2, 0) is 14.6 Å². The van der Waals surface area contributed by atoms with Crippen molar-refractivity contribution >= 4 is 9.84 Å². The lowest BCUT2D eigenvalue weighted by Gasteiger charge is -2.08. The number of ether oxygens (including phenoxy) is 1. The smallest absolute Gasteiger partial charge is 0.203 e. The molecule has 0 spiro atoms. The molecule has 0 aromatic heterocycles. The number of sulfone groups is 1. The summed E-state index contributed by atoms with van der Waals surface area (Å²) in [5, 5.41) is 1.26. The minimum absolute atomic E-state index is 0.121. The maximum absolute atomic E-state index is 12.1. The van der Waals surface area contributed by atoms with Crippen molar-refractivity contribution in [1.82, 2.24) is 0 Å². The summed E-state index contributed by atoms with van der Waals surface area (Å²) in [4.78, 5) is 0.306. The van der Waals surface area contributed by atoms with Crippen LogP contribution in [0.4, 0.5) is 0 Å². The van der Waals surface area contributed by atoms with Crippen LogP contribution in [0.1, 0.15) is 25.7 Å². The van der Waals surface area contributed by atoms with Crippen molar-refractivity contribution in [2.24, 2.45) is 0 Å². The molecule has 1 aliphatic heterocycles. The number of hydrogen-bond acceptors (Lipinski definition) is 3. The van der Waals surface area contributed by atoms with E-state index in [4.69, 9.17) is 4.74 Å². The molecule has 102 valence electrons. The van der Waals surface area contributed by atoms with Gasteiger partial charge in [0.2, 0.25) is 9.84 Å². The molecule has 1 atom stereocenters. The van der Waals surface area contributed by atoms with Crippen LogP contribution in [-0.4, -0.2) is 14.5 Å². The van der Waals surface area contributed by atoms with Crippen molar-refractivity contribution in [1.29, 1.82) is 0 Å². The fourth-order valence-electron chi connectivity index (χ4n) is 2.08. The zero-order valence-electron chi connectivity index (χ0n) is 10.8. The molecule has 1 aliphatic rings. The minimum atomic E-state index is -3.39. The van der Waals surface area contributed by atoms with Gasteiger partial charge in [-0.25, -0.2) is 8.42 Å². The molecule has 4 heteroatoms. The first-order chi connectivity index (χ1) is 9.12. The summed E-state index contributed by atoms with van der Waals surface area (Å²) in [6, 6.07) is 8.41. The van der Waals surface area contributed by atoms with Gasteiger partial charge in [-0.05, 0) is 31.4 Å². The molecule has 1 aromatic rings. The summed E-state index contributed by atoms with van der Waals surface area (Å²) >= 11 is 0. The molecule has 3 nitrogen and oxygen atoms in total. The Labute approximate surface area is 114 Å². The molecule has 0 amide bonds. The van der Waals surface area contributed by atoms with Crippen LogP contribution in [0.2, 0.25) is 0 Å². The number of allylic oxidation sites excluding steroid dienone is 2. The summed E-state index contributed by atoms with van der Waals surface area (Å²) in [5.41, 5.74) is 0. The molecule has 0 bridgehead atoms. The number of rotatable bonds is 5. The standard InChI is InChI=1S/C15H18O3S/c1-2-3-7-13-10-11-14(18-13)12-19(16,17)15-8-5-4-6-9-15/h2,4-6,8-9,12-13H,1,3,7,10-11H2/b14-12+. The van der Waals surface area contributed by atoms with Gasteiger partial charge in [-0.15, -0.1) is 6.58 Å². The first-order valence-electron chi connectivity index (χ1n) is 6.40. The molecule has 1 aromatic carbocycles. The molecule has 1 unspecified atom stereocenters. The van der Waals surface area contributed by atoms with E-state index in [-0.39, 0.29) is 6.10 Å². The van der Waals surface area contributed by atoms with Crippen molar-refractivity contribution in [3.05, 3.63) is 54.2 Å². The van der Waals surface area contributed by atoms with E-state index in [9.17, 15) is 8.42 Å². The maximum Gasteiger partial charge on any atom is 0.203 e. The molecule has 0 saturated carbocycles. The monoisotopic (exact) mass is 278 g/mol. The average molecular weight is 278 g/mol. The van der Waals surface area contributed by atoms with Gasteiger partial charge in [0.1, 0.15) is 5.76 Å². The quantitative estimate of drug-likeness (QED) is 0.775. The van der Waals surface area contributed by atoms with Gasteiger partial charge in [0.25, 0.3) is 0 Å². The maximum atomic E-state index is 12.1. The van der Waals surface area contributed by atoms with Crippen LogP contribution in [0.25, 0.3) is 0 Å². The average Bonchev–Trinajstić information content (AvgIpc) is 2.84. The van der Waals surface area contributed by atoms with Gasteiger partial charge in [-0.3, -0.25) is 0 Å². The van der Waals surface area contributed by atoms with E-state index in [0.29, 0.717) is 17.1 Å². The van der Waals surface area contributed by atoms with E-state index in [2.05, 4.69) is 6.58 Å². The summed E-state index contributed by atoms with van der Waals surface area (Å²) < 4.78 is 29.9. The second-order valence-corrected chi connectivity index (χ2v) is 6.38. The Balaban J connectivity index is 2.08. The number of hydrogen-bond donors (Lipinski definition) is 0. The Morgan fingerprint density at radius 1 is 1.32 bits per heavy atom. The van der Waals surface area contributed by atoms with Crippen LogP contribution in [0.3, 0.4) is 0 Å². The molecular weight excluding hydrogens is 260 g/mol. The lowest BCUT2D eigenvalue weighted by molar-refractivity contribution is 0.153. The van der Waals surface area contributed by atoms with Gasteiger partial charge >= 0.3 is 0 Å². The Hall–Kier alpha value is -1.55. The van der Waals surface area contributed by atoms with E-state index in [1.807, 2.05) is 6.08 Å². The van der Waals surface area contributed by atoms with E-state index in [1.165, 1.54) is 5.41 Å². The third-order valence-corrected chi connectivity index (χ3v) is 4.58. The largest absolute Gasteiger partial charge is 0.494 e. The van der Waals surface area contributed by atoms with E-state index in [0.717, 1.165) is 19.3 Å². The molecule has 0 N–H and O–H groups in total. The summed E-state index contributed by atoms with van der Waals surface area (Å²) in [6.45, 7) is 3.67. The highest BCUT2D eigenvalue weighted by atomic mass is 32.2. The van der Waals surface area contributed by atoms with Crippen molar-refractivity contribution in [2.45, 2.75) is 36.7 Å². The Morgan fingerprint density at radius 3 is 2.74 bits per heavy atom. The first kappa shape index (κ1) is 13.9. The predicted octanol–water partition coefficient (Wildman–Crippen LogP) is 3.45. The van der Waals surface area contributed by atoms with Gasteiger partial charge in [0.15, 0.2) is 0 Å². The van der Waals surface area contributed by atoms with Crippen molar-refractivity contribution in [3.8, 4) is 0 Å². The first-order valence-corrected chi connectivity index (χ1v) is 7.95. The van der Waals surface area contributed by atoms with Crippen LogP contribution in [0.5, 0.6) is 0 Å². The topological polar surface area (TPSA) is 43.4 Å². The molecule has 1 heterocycles. The van der Waals surface area contributed by atoms with Gasteiger partial charge in [-0.1, -0.05) is 24.3 Å². The summed E-state index contributed by atoms with van der Waals surface area (Å²) in [5.74, 6) is 0.568. The number of benzene rings is 1. The fraction of sp³-hybridized carbons (Fsp3) is 0.333. The van der Waals surface area contributed by atoms with Gasteiger partial charge in [0.05, 0.1) is 16.4 Å². The highest BCUT2D eigenvalue weighted by molar-refractivity contribution is 7.94. The van der Waals surface area contributed by atoms with Crippen LogP contribution < -0.4 is 0 Å². The predicted molar refractivity (Wildman–Crippen MR) is 75.2 cm³/mol. The SMILES string of the molecule is C=CCCC1CC/C(=C\S(=O)(=O)c2ccccc2)O1.